The summed E-state index contributed by atoms with van der Waals surface area (Å²) in [5.41, 5.74) is -0.189. The smallest absolute Gasteiger partial charge is 0.408 e. The summed E-state index contributed by atoms with van der Waals surface area (Å²) in [6.45, 7) is 5.11. The highest BCUT2D eigenvalue weighted by atomic mass is 16.6. The van der Waals surface area contributed by atoms with E-state index in [1.54, 1.807) is 20.8 Å². The third-order valence-electron chi connectivity index (χ3n) is 2.79. The standard InChI is InChI=1S/C17H20N2O6/c1-17(2,3)25-16(21)18-14(15(20)24-4)7-5-6-12-8-10-13(11-9-12)19(22)23/h8-11,14H,7H2,1-4H3,(H,18,21)/t14-/m0/s1. The van der Waals surface area contributed by atoms with Gasteiger partial charge in [-0.1, -0.05) is 11.8 Å². The first-order valence-electron chi connectivity index (χ1n) is 7.43. The van der Waals surface area contributed by atoms with E-state index in [0.717, 1.165) is 0 Å². The molecule has 25 heavy (non-hydrogen) atoms. The Labute approximate surface area is 145 Å². The zero-order valence-electron chi connectivity index (χ0n) is 14.5. The van der Waals surface area contributed by atoms with Crippen LogP contribution in [-0.4, -0.2) is 35.7 Å². The Kier molecular flexibility index (Phi) is 6.93. The maximum atomic E-state index is 11.8. The molecule has 1 aromatic rings. The molecule has 0 saturated carbocycles. The molecule has 0 bridgehead atoms. The fraction of sp³-hybridized carbons (Fsp3) is 0.412. The summed E-state index contributed by atoms with van der Waals surface area (Å²) in [5.74, 6) is 4.86. The van der Waals surface area contributed by atoms with Gasteiger partial charge in [0.05, 0.1) is 12.0 Å². The number of carbonyl (C=O) groups excluding carboxylic acids is 2. The van der Waals surface area contributed by atoms with Crippen LogP contribution in [0.5, 0.6) is 0 Å². The second-order valence-corrected chi connectivity index (χ2v) is 6.03. The molecule has 0 aliphatic heterocycles. The van der Waals surface area contributed by atoms with E-state index < -0.39 is 28.6 Å². The van der Waals surface area contributed by atoms with Gasteiger partial charge < -0.3 is 14.8 Å². The van der Waals surface area contributed by atoms with Crippen LogP contribution in [0.3, 0.4) is 0 Å². The van der Waals surface area contributed by atoms with Crippen molar-refractivity contribution in [3.8, 4) is 11.8 Å². The van der Waals surface area contributed by atoms with Crippen LogP contribution in [0.25, 0.3) is 0 Å². The Hall–Kier alpha value is -3.08. The molecule has 0 aliphatic carbocycles. The van der Waals surface area contributed by atoms with Crippen LogP contribution in [-0.2, 0) is 14.3 Å². The van der Waals surface area contributed by atoms with Gasteiger partial charge in [-0.05, 0) is 32.9 Å². The van der Waals surface area contributed by atoms with Crippen molar-refractivity contribution in [2.24, 2.45) is 0 Å². The van der Waals surface area contributed by atoms with E-state index in [9.17, 15) is 19.7 Å². The number of benzene rings is 1. The molecular formula is C17H20N2O6. The Bertz CT molecular complexity index is 695. The number of esters is 1. The Morgan fingerprint density at radius 2 is 1.88 bits per heavy atom. The summed E-state index contributed by atoms with van der Waals surface area (Å²) >= 11 is 0. The van der Waals surface area contributed by atoms with Gasteiger partial charge in [-0.15, -0.1) is 0 Å². The highest BCUT2D eigenvalue weighted by Gasteiger charge is 2.24. The van der Waals surface area contributed by atoms with Gasteiger partial charge in [-0.2, -0.15) is 0 Å². The Morgan fingerprint density at radius 3 is 2.36 bits per heavy atom. The Balaban J connectivity index is 2.75. The molecule has 1 amide bonds. The number of carbonyl (C=O) groups is 2. The molecule has 0 aliphatic rings. The quantitative estimate of drug-likeness (QED) is 0.387. The highest BCUT2D eigenvalue weighted by molar-refractivity contribution is 5.81. The lowest BCUT2D eigenvalue weighted by Gasteiger charge is -2.21. The van der Waals surface area contributed by atoms with Gasteiger partial charge >= 0.3 is 12.1 Å². The summed E-state index contributed by atoms with van der Waals surface area (Å²) in [4.78, 5) is 33.6. The third kappa shape index (κ3) is 7.35. The van der Waals surface area contributed by atoms with Gasteiger partial charge in [0.25, 0.3) is 5.69 Å². The molecule has 1 N–H and O–H groups in total. The molecule has 8 nitrogen and oxygen atoms in total. The van der Waals surface area contributed by atoms with Gasteiger partial charge in [-0.3, -0.25) is 10.1 Å². The number of ether oxygens (including phenoxy) is 2. The number of non-ortho nitro benzene ring substituents is 1. The zero-order valence-corrected chi connectivity index (χ0v) is 14.5. The van der Waals surface area contributed by atoms with E-state index in [1.165, 1.54) is 31.4 Å². The normalized spacial score (nSPS) is 11.5. The van der Waals surface area contributed by atoms with Crippen molar-refractivity contribution >= 4 is 17.7 Å². The molecule has 1 rings (SSSR count). The van der Waals surface area contributed by atoms with Gasteiger partial charge in [0.15, 0.2) is 0 Å². The van der Waals surface area contributed by atoms with Crippen LogP contribution in [0.15, 0.2) is 24.3 Å². The van der Waals surface area contributed by atoms with E-state index in [2.05, 4.69) is 21.9 Å². The summed E-state index contributed by atoms with van der Waals surface area (Å²) in [6.07, 6.45) is -0.747. The molecule has 0 aromatic heterocycles. The van der Waals surface area contributed by atoms with Crippen LogP contribution in [0.4, 0.5) is 10.5 Å². The topological polar surface area (TPSA) is 108 Å². The molecule has 0 unspecified atom stereocenters. The maximum absolute atomic E-state index is 11.8. The Morgan fingerprint density at radius 1 is 1.28 bits per heavy atom. The minimum atomic E-state index is -0.981. The van der Waals surface area contributed by atoms with Crippen molar-refractivity contribution in [2.75, 3.05) is 7.11 Å². The predicted octanol–water partition coefficient (Wildman–Crippen LogP) is 2.40. The van der Waals surface area contributed by atoms with Gasteiger partial charge in [0, 0.05) is 24.1 Å². The largest absolute Gasteiger partial charge is 0.467 e. The summed E-state index contributed by atoms with van der Waals surface area (Å²) < 4.78 is 9.73. The van der Waals surface area contributed by atoms with Crippen LogP contribution >= 0.6 is 0 Å². The average Bonchev–Trinajstić information content (AvgIpc) is 2.51. The molecule has 0 spiro atoms. The van der Waals surface area contributed by atoms with E-state index in [4.69, 9.17) is 4.74 Å². The lowest BCUT2D eigenvalue weighted by molar-refractivity contribution is -0.384. The first-order valence-corrected chi connectivity index (χ1v) is 7.43. The molecule has 1 aromatic carbocycles. The van der Waals surface area contributed by atoms with Gasteiger partial charge in [0.2, 0.25) is 0 Å². The summed E-state index contributed by atoms with van der Waals surface area (Å²) in [5, 5.41) is 13.0. The van der Waals surface area contributed by atoms with Crippen LogP contribution in [0.2, 0.25) is 0 Å². The van der Waals surface area contributed by atoms with Crippen molar-refractivity contribution in [1.29, 1.82) is 0 Å². The number of nitro groups is 1. The van der Waals surface area contributed by atoms with Crippen molar-refractivity contribution < 1.29 is 24.0 Å². The number of alkyl carbamates (subject to hydrolysis) is 1. The van der Waals surface area contributed by atoms with Crippen LogP contribution in [0, 0.1) is 22.0 Å². The van der Waals surface area contributed by atoms with Gasteiger partial charge in [0.1, 0.15) is 11.6 Å². The van der Waals surface area contributed by atoms with Crippen molar-refractivity contribution in [1.82, 2.24) is 5.32 Å². The molecular weight excluding hydrogens is 328 g/mol. The number of hydrogen-bond acceptors (Lipinski definition) is 6. The maximum Gasteiger partial charge on any atom is 0.408 e. The third-order valence-corrected chi connectivity index (χ3v) is 2.79. The number of methoxy groups -OCH3 is 1. The molecule has 0 saturated heterocycles. The first-order chi connectivity index (χ1) is 11.6. The minimum Gasteiger partial charge on any atom is -0.467 e. The lowest BCUT2D eigenvalue weighted by Crippen LogP contribution is -2.43. The molecule has 8 heteroatoms. The van der Waals surface area contributed by atoms with E-state index >= 15 is 0 Å². The van der Waals surface area contributed by atoms with E-state index in [-0.39, 0.29) is 12.1 Å². The summed E-state index contributed by atoms with van der Waals surface area (Å²) in [7, 11) is 1.20. The minimum absolute atomic E-state index is 0.00288. The number of nitrogens with zero attached hydrogens (tertiary/aromatic N) is 1. The van der Waals surface area contributed by atoms with Crippen molar-refractivity contribution in [3.05, 3.63) is 39.9 Å². The second kappa shape index (κ2) is 8.68. The van der Waals surface area contributed by atoms with Crippen LogP contribution < -0.4 is 5.32 Å². The number of rotatable bonds is 4. The summed E-state index contributed by atoms with van der Waals surface area (Å²) in [6, 6.07) is 4.69. The molecule has 0 fully saturated rings. The first kappa shape index (κ1) is 20.0. The van der Waals surface area contributed by atoms with Crippen molar-refractivity contribution in [2.45, 2.75) is 38.8 Å². The SMILES string of the molecule is COC(=O)[C@H](CC#Cc1ccc([N+](=O)[O-])cc1)NC(=O)OC(C)(C)C. The molecule has 134 valence electrons. The zero-order chi connectivity index (χ0) is 19.0. The number of amides is 1. The second-order valence-electron chi connectivity index (χ2n) is 6.03. The van der Waals surface area contributed by atoms with E-state index in [0.29, 0.717) is 5.56 Å². The number of hydrogen-bond donors (Lipinski definition) is 1. The number of nitrogens with one attached hydrogen (secondary N) is 1. The predicted molar refractivity (Wildman–Crippen MR) is 89.8 cm³/mol. The molecule has 0 heterocycles. The van der Waals surface area contributed by atoms with Crippen LogP contribution in [0.1, 0.15) is 32.8 Å². The monoisotopic (exact) mass is 348 g/mol. The molecule has 1 atom stereocenters. The molecule has 0 radical (unpaired) electrons. The lowest BCUT2D eigenvalue weighted by atomic mass is 10.1. The van der Waals surface area contributed by atoms with Crippen molar-refractivity contribution in [3.63, 3.8) is 0 Å². The fourth-order valence-electron chi connectivity index (χ4n) is 1.71. The fourth-order valence-corrected chi connectivity index (χ4v) is 1.71. The van der Waals surface area contributed by atoms with E-state index in [1.807, 2.05) is 0 Å². The van der Waals surface area contributed by atoms with Gasteiger partial charge in [-0.25, -0.2) is 9.59 Å². The highest BCUT2D eigenvalue weighted by Crippen LogP contribution is 2.11. The average molecular weight is 348 g/mol. The number of nitro benzene ring substituents is 1.